The molecule has 0 bridgehead atoms. The lowest BCUT2D eigenvalue weighted by Crippen LogP contribution is -2.40. The molecule has 2 aromatic rings. The Bertz CT molecular complexity index is 596. The van der Waals surface area contributed by atoms with Gasteiger partial charge in [0.2, 0.25) is 0 Å². The van der Waals surface area contributed by atoms with Gasteiger partial charge in [0.1, 0.15) is 0 Å². The smallest absolute Gasteiger partial charge is 0.0702 e. The minimum Gasteiger partial charge on any atom is -0.326 e. The summed E-state index contributed by atoms with van der Waals surface area (Å²) in [5.41, 5.74) is 8.92. The van der Waals surface area contributed by atoms with E-state index in [2.05, 4.69) is 41.1 Å². The van der Waals surface area contributed by atoms with Crippen LogP contribution >= 0.6 is 0 Å². The van der Waals surface area contributed by atoms with Crippen molar-refractivity contribution in [3.63, 3.8) is 0 Å². The molecule has 2 unspecified atom stereocenters. The molecular weight excluding hydrogens is 258 g/mol. The maximum absolute atomic E-state index is 6.52. The zero-order chi connectivity index (χ0) is 14.7. The van der Waals surface area contributed by atoms with E-state index in [1.54, 1.807) is 0 Å². The van der Waals surface area contributed by atoms with Crippen LogP contribution in [0.4, 0.5) is 0 Å². The Kier molecular flexibility index (Phi) is 4.51. The number of nitrogens with zero attached hydrogens (tertiary/aromatic N) is 2. The van der Waals surface area contributed by atoms with Gasteiger partial charge in [-0.25, -0.2) is 0 Å². The molecule has 112 valence electrons. The number of rotatable bonds is 3. The van der Waals surface area contributed by atoms with Gasteiger partial charge in [-0.05, 0) is 56.1 Å². The van der Waals surface area contributed by atoms with Gasteiger partial charge in [-0.3, -0.25) is 9.88 Å². The molecule has 0 spiro atoms. The van der Waals surface area contributed by atoms with E-state index in [0.717, 1.165) is 25.0 Å². The van der Waals surface area contributed by atoms with Gasteiger partial charge in [-0.1, -0.05) is 25.5 Å². The first-order valence-electron chi connectivity index (χ1n) is 8.14. The first kappa shape index (κ1) is 14.5. The van der Waals surface area contributed by atoms with Crippen LogP contribution in [0.3, 0.4) is 0 Å². The third-order valence-electron chi connectivity index (χ3n) is 4.51. The Labute approximate surface area is 127 Å². The Hall–Kier alpha value is -1.45. The highest BCUT2D eigenvalue weighted by molar-refractivity contribution is 5.79. The number of pyridine rings is 1. The van der Waals surface area contributed by atoms with Crippen molar-refractivity contribution in [2.45, 2.75) is 44.7 Å². The summed E-state index contributed by atoms with van der Waals surface area (Å²) in [5, 5.41) is 1.21. The third-order valence-corrected chi connectivity index (χ3v) is 4.51. The molecule has 0 saturated carbocycles. The van der Waals surface area contributed by atoms with Gasteiger partial charge in [-0.15, -0.1) is 0 Å². The van der Waals surface area contributed by atoms with Crippen molar-refractivity contribution in [2.75, 3.05) is 13.1 Å². The van der Waals surface area contributed by atoms with Crippen molar-refractivity contribution in [3.05, 3.63) is 42.1 Å². The quantitative estimate of drug-likeness (QED) is 0.937. The van der Waals surface area contributed by atoms with Crippen LogP contribution in [0.5, 0.6) is 0 Å². The molecule has 1 aliphatic rings. The fourth-order valence-corrected chi connectivity index (χ4v) is 3.54. The lowest BCUT2D eigenvalue weighted by molar-refractivity contribution is 0.186. The van der Waals surface area contributed by atoms with Crippen molar-refractivity contribution in [1.29, 1.82) is 0 Å². The predicted molar refractivity (Wildman–Crippen MR) is 88.2 cm³/mol. The normalized spacial score (nSPS) is 24.1. The summed E-state index contributed by atoms with van der Waals surface area (Å²) in [6.07, 6.45) is 6.66. The highest BCUT2D eigenvalue weighted by Crippen LogP contribution is 2.31. The van der Waals surface area contributed by atoms with E-state index in [1.807, 2.05) is 12.3 Å². The molecule has 3 rings (SSSR count). The maximum atomic E-state index is 6.52. The second kappa shape index (κ2) is 6.54. The fraction of sp³-hybridized carbons (Fsp3) is 0.500. The Balaban J connectivity index is 1.98. The van der Waals surface area contributed by atoms with E-state index in [4.69, 9.17) is 5.73 Å². The second-order valence-corrected chi connectivity index (χ2v) is 6.10. The summed E-state index contributed by atoms with van der Waals surface area (Å²) in [7, 11) is 0. The zero-order valence-corrected chi connectivity index (χ0v) is 12.8. The largest absolute Gasteiger partial charge is 0.326 e. The predicted octanol–water partition coefficient (Wildman–Crippen LogP) is 3.50. The SMILES string of the molecule is CCCN1CCCCC(N)C1c1ccc2ncccc2c1. The number of aromatic nitrogens is 1. The first-order chi connectivity index (χ1) is 10.3. The van der Waals surface area contributed by atoms with Crippen molar-refractivity contribution >= 4 is 10.9 Å². The van der Waals surface area contributed by atoms with Crippen molar-refractivity contribution in [3.8, 4) is 0 Å². The van der Waals surface area contributed by atoms with Crippen LogP contribution in [0.15, 0.2) is 36.5 Å². The monoisotopic (exact) mass is 283 g/mol. The molecule has 2 N–H and O–H groups in total. The van der Waals surface area contributed by atoms with Gasteiger partial charge in [0.05, 0.1) is 5.52 Å². The molecule has 3 heteroatoms. The van der Waals surface area contributed by atoms with E-state index in [0.29, 0.717) is 6.04 Å². The summed E-state index contributed by atoms with van der Waals surface area (Å²) in [4.78, 5) is 6.99. The van der Waals surface area contributed by atoms with Crippen LogP contribution in [0, 0.1) is 0 Å². The van der Waals surface area contributed by atoms with Crippen molar-refractivity contribution in [1.82, 2.24) is 9.88 Å². The van der Waals surface area contributed by atoms with E-state index in [-0.39, 0.29) is 6.04 Å². The summed E-state index contributed by atoms with van der Waals surface area (Å²) in [6, 6.07) is 11.3. The first-order valence-corrected chi connectivity index (χ1v) is 8.14. The summed E-state index contributed by atoms with van der Waals surface area (Å²) in [6.45, 7) is 4.54. The number of nitrogens with two attached hydrogens (primary N) is 1. The number of fused-ring (bicyclic) bond motifs is 1. The molecular formula is C18H25N3. The molecule has 3 nitrogen and oxygen atoms in total. The molecule has 0 radical (unpaired) electrons. The van der Waals surface area contributed by atoms with Crippen LogP contribution in [-0.4, -0.2) is 29.0 Å². The lowest BCUT2D eigenvalue weighted by atomic mass is 9.95. The van der Waals surface area contributed by atoms with Crippen molar-refractivity contribution in [2.24, 2.45) is 5.73 Å². The van der Waals surface area contributed by atoms with Crippen LogP contribution < -0.4 is 5.73 Å². The average molecular weight is 283 g/mol. The molecule has 21 heavy (non-hydrogen) atoms. The van der Waals surface area contributed by atoms with Crippen LogP contribution in [0.25, 0.3) is 10.9 Å². The lowest BCUT2D eigenvalue weighted by Gasteiger charge is -2.33. The summed E-state index contributed by atoms with van der Waals surface area (Å²) < 4.78 is 0. The molecule has 1 fully saturated rings. The minimum atomic E-state index is 0.230. The molecule has 2 atom stereocenters. The summed E-state index contributed by atoms with van der Waals surface area (Å²) in [5.74, 6) is 0. The standard InChI is InChI=1S/C18H25N3/c1-2-11-21-12-4-3-7-16(19)18(21)15-8-9-17-14(13-15)6-5-10-20-17/h5-6,8-10,13,16,18H,2-4,7,11-12,19H2,1H3. The molecule has 1 aromatic heterocycles. The minimum absolute atomic E-state index is 0.230. The van der Waals surface area contributed by atoms with Crippen LogP contribution in [0.1, 0.15) is 44.2 Å². The molecule has 2 heterocycles. The average Bonchev–Trinajstić information content (AvgIpc) is 2.69. The molecule has 1 aliphatic heterocycles. The third kappa shape index (κ3) is 3.09. The maximum Gasteiger partial charge on any atom is 0.0702 e. The van der Waals surface area contributed by atoms with Gasteiger partial charge >= 0.3 is 0 Å². The number of hydrogen-bond acceptors (Lipinski definition) is 3. The van der Waals surface area contributed by atoms with E-state index in [1.165, 1.54) is 30.2 Å². The fourth-order valence-electron chi connectivity index (χ4n) is 3.54. The highest BCUT2D eigenvalue weighted by Gasteiger charge is 2.28. The van der Waals surface area contributed by atoms with Gasteiger partial charge in [-0.2, -0.15) is 0 Å². The van der Waals surface area contributed by atoms with E-state index in [9.17, 15) is 0 Å². The molecule has 1 aromatic carbocycles. The zero-order valence-electron chi connectivity index (χ0n) is 12.8. The topological polar surface area (TPSA) is 42.1 Å². The summed E-state index contributed by atoms with van der Waals surface area (Å²) >= 11 is 0. The molecule has 0 aliphatic carbocycles. The van der Waals surface area contributed by atoms with Crippen LogP contribution in [0.2, 0.25) is 0 Å². The van der Waals surface area contributed by atoms with Gasteiger partial charge in [0.15, 0.2) is 0 Å². The number of benzene rings is 1. The Morgan fingerprint density at radius 3 is 3.05 bits per heavy atom. The van der Waals surface area contributed by atoms with Gasteiger partial charge in [0.25, 0.3) is 0 Å². The van der Waals surface area contributed by atoms with Gasteiger partial charge < -0.3 is 5.73 Å². The number of likely N-dealkylation sites (tertiary alicyclic amines) is 1. The van der Waals surface area contributed by atoms with Gasteiger partial charge in [0, 0.05) is 23.7 Å². The van der Waals surface area contributed by atoms with Crippen LogP contribution in [-0.2, 0) is 0 Å². The molecule has 0 amide bonds. The molecule has 1 saturated heterocycles. The number of hydrogen-bond donors (Lipinski definition) is 1. The van der Waals surface area contributed by atoms with Crippen molar-refractivity contribution < 1.29 is 0 Å². The highest BCUT2D eigenvalue weighted by atomic mass is 15.2. The Morgan fingerprint density at radius 1 is 1.29 bits per heavy atom. The Morgan fingerprint density at radius 2 is 2.19 bits per heavy atom. The van der Waals surface area contributed by atoms with E-state index < -0.39 is 0 Å². The second-order valence-electron chi connectivity index (χ2n) is 6.10. The van der Waals surface area contributed by atoms with E-state index >= 15 is 0 Å².